The predicted molar refractivity (Wildman–Crippen MR) is 47.8 cm³/mol. The van der Waals surface area contributed by atoms with Crippen LogP contribution in [0.1, 0.15) is 5.56 Å². The lowest BCUT2D eigenvalue weighted by Crippen LogP contribution is -2.03. The van der Waals surface area contributed by atoms with Crippen molar-refractivity contribution in [2.45, 2.75) is 6.61 Å². The fraction of sp³-hybridized carbons (Fsp3) is 0.143. The summed E-state index contributed by atoms with van der Waals surface area (Å²) in [5, 5.41) is 0.551. The van der Waals surface area contributed by atoms with Crippen LogP contribution in [-0.2, 0) is 21.2 Å². The Morgan fingerprint density at radius 3 is 2.31 bits per heavy atom. The molecule has 0 aliphatic rings. The third-order valence-electron chi connectivity index (χ3n) is 1.29. The van der Waals surface area contributed by atoms with E-state index in [2.05, 4.69) is 4.18 Å². The zero-order chi connectivity index (χ0) is 9.90. The van der Waals surface area contributed by atoms with Gasteiger partial charge in [0.15, 0.2) is 0 Å². The Bertz CT molecular complexity index is 370. The summed E-state index contributed by atoms with van der Waals surface area (Å²) in [4.78, 5) is 0. The molecule has 0 unspecified atom stereocenters. The molecule has 1 aromatic carbocycles. The normalized spacial score (nSPS) is 11.5. The molecule has 0 aromatic heterocycles. The lowest BCUT2D eigenvalue weighted by Gasteiger charge is -1.99. The molecule has 4 nitrogen and oxygen atoms in total. The molecule has 0 heterocycles. The van der Waals surface area contributed by atoms with Gasteiger partial charge in [0.1, 0.15) is 0 Å². The molecule has 0 aliphatic heterocycles. The Labute approximate surface area is 81.1 Å². The highest BCUT2D eigenvalue weighted by atomic mass is 35.5. The van der Waals surface area contributed by atoms with Crippen LogP contribution >= 0.6 is 11.6 Å². The summed E-state index contributed by atoms with van der Waals surface area (Å²) in [5.41, 5.74) is 0.613. The first-order valence-corrected chi connectivity index (χ1v) is 5.08. The zero-order valence-corrected chi connectivity index (χ0v) is 8.05. The molecule has 0 aliphatic carbocycles. The molecular formula is C7H7ClO4S. The molecule has 0 spiro atoms. The van der Waals surface area contributed by atoms with Crippen molar-refractivity contribution in [3.63, 3.8) is 0 Å². The van der Waals surface area contributed by atoms with Crippen LogP contribution < -0.4 is 0 Å². The second kappa shape index (κ2) is 4.06. The van der Waals surface area contributed by atoms with E-state index >= 15 is 0 Å². The average molecular weight is 223 g/mol. The predicted octanol–water partition coefficient (Wildman–Crippen LogP) is 1.66. The molecule has 0 atom stereocenters. The van der Waals surface area contributed by atoms with Crippen molar-refractivity contribution in [1.82, 2.24) is 0 Å². The Hall–Kier alpha value is -0.620. The van der Waals surface area contributed by atoms with E-state index in [0.29, 0.717) is 10.6 Å². The van der Waals surface area contributed by atoms with Crippen LogP contribution in [0.3, 0.4) is 0 Å². The number of hydrogen-bond donors (Lipinski definition) is 1. The molecule has 6 heteroatoms. The minimum atomic E-state index is -4.37. The van der Waals surface area contributed by atoms with Crippen molar-refractivity contribution in [2.75, 3.05) is 0 Å². The number of hydrogen-bond acceptors (Lipinski definition) is 3. The van der Waals surface area contributed by atoms with Gasteiger partial charge in [0.25, 0.3) is 0 Å². The highest BCUT2D eigenvalue weighted by Crippen LogP contribution is 2.10. The molecule has 1 aromatic rings. The van der Waals surface area contributed by atoms with Gasteiger partial charge in [-0.15, -0.1) is 0 Å². The van der Waals surface area contributed by atoms with Gasteiger partial charge in [0, 0.05) is 5.02 Å². The maximum absolute atomic E-state index is 10.2. The molecule has 13 heavy (non-hydrogen) atoms. The standard InChI is InChI=1S/C7H7ClO4S/c8-7-3-1-6(2-4-7)5-12-13(9,10)11/h1-4H,5H2,(H,9,10,11). The third kappa shape index (κ3) is 4.23. The highest BCUT2D eigenvalue weighted by Gasteiger charge is 2.04. The maximum atomic E-state index is 10.2. The fourth-order valence-electron chi connectivity index (χ4n) is 0.723. The minimum absolute atomic E-state index is 0.198. The van der Waals surface area contributed by atoms with Crippen molar-refractivity contribution in [2.24, 2.45) is 0 Å². The summed E-state index contributed by atoms with van der Waals surface area (Å²) in [6.45, 7) is -0.198. The molecular weight excluding hydrogens is 216 g/mol. The van der Waals surface area contributed by atoms with Crippen molar-refractivity contribution in [3.8, 4) is 0 Å². The first-order valence-electron chi connectivity index (χ1n) is 3.34. The van der Waals surface area contributed by atoms with Crippen molar-refractivity contribution >= 4 is 22.0 Å². The van der Waals surface area contributed by atoms with Gasteiger partial charge in [-0.05, 0) is 17.7 Å². The van der Waals surface area contributed by atoms with Gasteiger partial charge in [-0.3, -0.25) is 4.55 Å². The van der Waals surface area contributed by atoms with Crippen LogP contribution in [0.25, 0.3) is 0 Å². The van der Waals surface area contributed by atoms with Crippen molar-refractivity contribution in [3.05, 3.63) is 34.9 Å². The van der Waals surface area contributed by atoms with Gasteiger partial charge < -0.3 is 0 Å². The van der Waals surface area contributed by atoms with Gasteiger partial charge in [-0.1, -0.05) is 23.7 Å². The van der Waals surface area contributed by atoms with Crippen molar-refractivity contribution in [1.29, 1.82) is 0 Å². The van der Waals surface area contributed by atoms with Crippen LogP contribution in [-0.4, -0.2) is 13.0 Å². The van der Waals surface area contributed by atoms with E-state index < -0.39 is 10.4 Å². The van der Waals surface area contributed by atoms with Crippen LogP contribution in [0.5, 0.6) is 0 Å². The van der Waals surface area contributed by atoms with E-state index in [-0.39, 0.29) is 6.61 Å². The van der Waals surface area contributed by atoms with Gasteiger partial charge in [-0.2, -0.15) is 8.42 Å². The Morgan fingerprint density at radius 2 is 1.85 bits per heavy atom. The van der Waals surface area contributed by atoms with E-state index in [0.717, 1.165) is 0 Å². The van der Waals surface area contributed by atoms with Gasteiger partial charge >= 0.3 is 10.4 Å². The Kier molecular flexibility index (Phi) is 3.27. The second-order valence-electron chi connectivity index (χ2n) is 2.32. The van der Waals surface area contributed by atoms with Gasteiger partial charge in [-0.25, -0.2) is 4.18 Å². The second-order valence-corrected chi connectivity index (χ2v) is 3.84. The zero-order valence-electron chi connectivity index (χ0n) is 6.47. The highest BCUT2D eigenvalue weighted by molar-refractivity contribution is 7.80. The summed E-state index contributed by atoms with van der Waals surface area (Å²) >= 11 is 5.59. The Balaban J connectivity index is 2.61. The largest absolute Gasteiger partial charge is 0.397 e. The first kappa shape index (κ1) is 10.5. The van der Waals surface area contributed by atoms with Crippen molar-refractivity contribution < 1.29 is 17.2 Å². The third-order valence-corrected chi connectivity index (χ3v) is 1.96. The molecule has 0 bridgehead atoms. The molecule has 72 valence electrons. The van der Waals surface area contributed by atoms with E-state index in [1.165, 1.54) is 0 Å². The smallest absolute Gasteiger partial charge is 0.264 e. The average Bonchev–Trinajstić information content (AvgIpc) is 2.02. The summed E-state index contributed by atoms with van der Waals surface area (Å²) in [7, 11) is -4.37. The van der Waals surface area contributed by atoms with E-state index in [1.807, 2.05) is 0 Å². The van der Waals surface area contributed by atoms with Gasteiger partial charge in [0.05, 0.1) is 6.61 Å². The summed E-state index contributed by atoms with van der Waals surface area (Å²) in [5.74, 6) is 0. The minimum Gasteiger partial charge on any atom is -0.264 e. The SMILES string of the molecule is O=S(=O)(O)OCc1ccc(Cl)cc1. The molecule has 0 fully saturated rings. The van der Waals surface area contributed by atoms with Crippen LogP contribution in [0.4, 0.5) is 0 Å². The lowest BCUT2D eigenvalue weighted by molar-refractivity contribution is 0.259. The maximum Gasteiger partial charge on any atom is 0.397 e. The summed E-state index contributed by atoms with van der Waals surface area (Å²) < 4.78 is 32.8. The Morgan fingerprint density at radius 1 is 1.31 bits per heavy atom. The van der Waals surface area contributed by atoms with E-state index in [1.54, 1.807) is 24.3 Å². The molecule has 1 N–H and O–H groups in total. The molecule has 0 radical (unpaired) electrons. The van der Waals surface area contributed by atoms with E-state index in [9.17, 15) is 8.42 Å². The van der Waals surface area contributed by atoms with Crippen LogP contribution in [0.2, 0.25) is 5.02 Å². The van der Waals surface area contributed by atoms with Crippen LogP contribution in [0.15, 0.2) is 24.3 Å². The summed E-state index contributed by atoms with van der Waals surface area (Å²) in [6.07, 6.45) is 0. The molecule has 0 saturated heterocycles. The first-order chi connectivity index (χ1) is 5.97. The molecule has 0 amide bonds. The monoisotopic (exact) mass is 222 g/mol. The number of halogens is 1. The quantitative estimate of drug-likeness (QED) is 0.790. The summed E-state index contributed by atoms with van der Waals surface area (Å²) in [6, 6.07) is 6.41. The number of benzene rings is 1. The van der Waals surface area contributed by atoms with Crippen LogP contribution in [0, 0.1) is 0 Å². The number of rotatable bonds is 3. The lowest BCUT2D eigenvalue weighted by atomic mass is 10.2. The topological polar surface area (TPSA) is 63.6 Å². The van der Waals surface area contributed by atoms with E-state index in [4.69, 9.17) is 16.2 Å². The molecule has 1 rings (SSSR count). The molecule has 0 saturated carbocycles. The fourth-order valence-corrected chi connectivity index (χ4v) is 1.13. The van der Waals surface area contributed by atoms with Gasteiger partial charge in [0.2, 0.25) is 0 Å².